The lowest BCUT2D eigenvalue weighted by Crippen LogP contribution is -2.32. The minimum atomic E-state index is -0.0413. The normalized spacial score (nSPS) is 13.2. The average Bonchev–Trinajstić information content (AvgIpc) is 2.89. The van der Waals surface area contributed by atoms with Crippen LogP contribution in [0, 0.1) is 0 Å². The molecule has 0 spiro atoms. The Morgan fingerprint density at radius 2 is 1.93 bits per heavy atom. The van der Waals surface area contributed by atoms with E-state index >= 15 is 0 Å². The fourth-order valence-corrected chi connectivity index (χ4v) is 3.02. The van der Waals surface area contributed by atoms with Gasteiger partial charge in [-0.05, 0) is 42.0 Å². The maximum absolute atomic E-state index is 12.9. The third-order valence-electron chi connectivity index (χ3n) is 4.69. The minimum Gasteiger partial charge on any atom is -0.497 e. The zero-order chi connectivity index (χ0) is 19.4. The van der Waals surface area contributed by atoms with Crippen LogP contribution in [0.1, 0.15) is 28.4 Å². The highest BCUT2D eigenvalue weighted by Crippen LogP contribution is 2.26. The molecular weight excluding hydrogens is 344 g/mol. The molecule has 0 aliphatic carbocycles. The number of benzene rings is 2. The van der Waals surface area contributed by atoms with E-state index in [1.165, 1.54) is 0 Å². The quantitative estimate of drug-likeness (QED) is 0.833. The van der Waals surface area contributed by atoms with Gasteiger partial charge in [0.15, 0.2) is 0 Å². The molecule has 0 unspecified atom stereocenters. The van der Waals surface area contributed by atoms with Crippen LogP contribution in [0.25, 0.3) is 0 Å². The van der Waals surface area contributed by atoms with Crippen LogP contribution in [-0.2, 0) is 17.9 Å². The first-order valence-electron chi connectivity index (χ1n) is 8.87. The van der Waals surface area contributed by atoms with E-state index in [-0.39, 0.29) is 11.8 Å². The van der Waals surface area contributed by atoms with Crippen molar-refractivity contribution in [2.24, 2.45) is 0 Å². The summed E-state index contributed by atoms with van der Waals surface area (Å²) in [5, 5.41) is 0. The fourth-order valence-electron chi connectivity index (χ4n) is 3.02. The summed E-state index contributed by atoms with van der Waals surface area (Å²) in [6, 6.07) is 13.0. The molecule has 0 bridgehead atoms. The molecule has 0 atom stereocenters. The molecule has 1 heterocycles. The number of fused-ring (bicyclic) bond motifs is 1. The van der Waals surface area contributed by atoms with Gasteiger partial charge in [-0.25, -0.2) is 0 Å². The summed E-state index contributed by atoms with van der Waals surface area (Å²) in [4.78, 5) is 27.8. The Hall–Kier alpha value is -3.02. The number of carbonyl (C=O) groups is 2. The average molecular weight is 368 g/mol. The Kier molecular flexibility index (Phi) is 5.64. The second-order valence-corrected chi connectivity index (χ2v) is 6.62. The van der Waals surface area contributed by atoms with Crippen LogP contribution in [0.5, 0.6) is 11.5 Å². The fraction of sp³-hybridized carbons (Fsp3) is 0.333. The summed E-state index contributed by atoms with van der Waals surface area (Å²) >= 11 is 0. The standard InChI is InChI=1S/C21H24N2O4/c1-15(24)22(2)13-16-4-9-20-18(12-16)14-23(10-11-27-20)21(25)17-5-7-19(26-3)8-6-17/h4-9,12H,10-11,13-14H2,1-3H3. The molecule has 1 aliphatic rings. The van der Waals surface area contributed by atoms with Gasteiger partial charge in [0.05, 0.1) is 13.7 Å². The molecule has 0 radical (unpaired) electrons. The third-order valence-corrected chi connectivity index (χ3v) is 4.69. The Balaban J connectivity index is 1.79. The molecule has 2 aromatic rings. The molecule has 27 heavy (non-hydrogen) atoms. The highest BCUT2D eigenvalue weighted by Gasteiger charge is 2.21. The maximum atomic E-state index is 12.9. The Morgan fingerprint density at radius 3 is 2.59 bits per heavy atom. The van der Waals surface area contributed by atoms with E-state index in [0.717, 1.165) is 22.6 Å². The molecule has 0 aromatic heterocycles. The summed E-state index contributed by atoms with van der Waals surface area (Å²) in [5.74, 6) is 1.47. The lowest BCUT2D eigenvalue weighted by molar-refractivity contribution is -0.128. The smallest absolute Gasteiger partial charge is 0.254 e. The van der Waals surface area contributed by atoms with E-state index in [4.69, 9.17) is 9.47 Å². The van der Waals surface area contributed by atoms with Gasteiger partial charge in [-0.15, -0.1) is 0 Å². The summed E-state index contributed by atoms with van der Waals surface area (Å²) in [6.45, 7) is 3.50. The summed E-state index contributed by atoms with van der Waals surface area (Å²) < 4.78 is 11.0. The summed E-state index contributed by atoms with van der Waals surface area (Å²) in [7, 11) is 3.37. The maximum Gasteiger partial charge on any atom is 0.254 e. The lowest BCUT2D eigenvalue weighted by Gasteiger charge is -2.20. The number of hydrogen-bond acceptors (Lipinski definition) is 4. The number of hydrogen-bond donors (Lipinski definition) is 0. The monoisotopic (exact) mass is 368 g/mol. The van der Waals surface area contributed by atoms with Crippen molar-refractivity contribution in [1.29, 1.82) is 0 Å². The van der Waals surface area contributed by atoms with Crippen molar-refractivity contribution in [3.63, 3.8) is 0 Å². The zero-order valence-corrected chi connectivity index (χ0v) is 15.9. The van der Waals surface area contributed by atoms with Crippen molar-refractivity contribution in [2.45, 2.75) is 20.0 Å². The van der Waals surface area contributed by atoms with Gasteiger partial charge in [-0.3, -0.25) is 9.59 Å². The predicted molar refractivity (Wildman–Crippen MR) is 102 cm³/mol. The number of rotatable bonds is 4. The SMILES string of the molecule is COc1ccc(C(=O)N2CCOc3ccc(CN(C)C(C)=O)cc3C2)cc1. The lowest BCUT2D eigenvalue weighted by atomic mass is 10.1. The molecule has 142 valence electrons. The summed E-state index contributed by atoms with van der Waals surface area (Å²) in [6.07, 6.45) is 0. The highest BCUT2D eigenvalue weighted by atomic mass is 16.5. The number of amides is 2. The van der Waals surface area contributed by atoms with Crippen LogP contribution < -0.4 is 9.47 Å². The van der Waals surface area contributed by atoms with Crippen molar-refractivity contribution in [3.05, 3.63) is 59.2 Å². The number of carbonyl (C=O) groups excluding carboxylic acids is 2. The van der Waals surface area contributed by atoms with Crippen LogP contribution in [0.3, 0.4) is 0 Å². The van der Waals surface area contributed by atoms with E-state index in [1.54, 1.807) is 55.1 Å². The van der Waals surface area contributed by atoms with Crippen molar-refractivity contribution in [3.8, 4) is 11.5 Å². The van der Waals surface area contributed by atoms with Gasteiger partial charge in [-0.2, -0.15) is 0 Å². The van der Waals surface area contributed by atoms with Crippen LogP contribution in [-0.4, -0.2) is 48.9 Å². The van der Waals surface area contributed by atoms with Gasteiger partial charge in [0, 0.05) is 38.2 Å². The van der Waals surface area contributed by atoms with Gasteiger partial charge < -0.3 is 19.3 Å². The molecule has 0 fully saturated rings. The Labute approximate surface area is 159 Å². The molecule has 2 amide bonds. The molecule has 3 rings (SSSR count). The van der Waals surface area contributed by atoms with Gasteiger partial charge in [0.1, 0.15) is 18.1 Å². The van der Waals surface area contributed by atoms with Crippen LogP contribution >= 0.6 is 0 Å². The number of methoxy groups -OCH3 is 1. The number of nitrogens with zero attached hydrogens (tertiary/aromatic N) is 2. The largest absolute Gasteiger partial charge is 0.497 e. The Bertz CT molecular complexity index is 833. The molecule has 0 saturated carbocycles. The second-order valence-electron chi connectivity index (χ2n) is 6.62. The topological polar surface area (TPSA) is 59.1 Å². The zero-order valence-electron chi connectivity index (χ0n) is 15.9. The molecule has 0 N–H and O–H groups in total. The van der Waals surface area contributed by atoms with Crippen molar-refractivity contribution < 1.29 is 19.1 Å². The van der Waals surface area contributed by atoms with Gasteiger partial charge >= 0.3 is 0 Å². The van der Waals surface area contributed by atoms with Gasteiger partial charge in [-0.1, -0.05) is 6.07 Å². The van der Waals surface area contributed by atoms with Gasteiger partial charge in [0.25, 0.3) is 5.91 Å². The molecular formula is C21H24N2O4. The van der Waals surface area contributed by atoms with Crippen molar-refractivity contribution in [1.82, 2.24) is 9.80 Å². The van der Waals surface area contributed by atoms with Gasteiger partial charge in [0.2, 0.25) is 5.91 Å². The molecule has 1 aliphatic heterocycles. The van der Waals surface area contributed by atoms with Crippen molar-refractivity contribution in [2.75, 3.05) is 27.3 Å². The molecule has 6 heteroatoms. The highest BCUT2D eigenvalue weighted by molar-refractivity contribution is 5.94. The Morgan fingerprint density at radius 1 is 1.19 bits per heavy atom. The van der Waals surface area contributed by atoms with E-state index in [2.05, 4.69) is 0 Å². The van der Waals surface area contributed by atoms with E-state index in [9.17, 15) is 9.59 Å². The van der Waals surface area contributed by atoms with E-state index in [0.29, 0.717) is 31.8 Å². The predicted octanol–water partition coefficient (Wildman–Crippen LogP) is 2.71. The molecule has 0 saturated heterocycles. The third kappa shape index (κ3) is 4.39. The van der Waals surface area contributed by atoms with Crippen LogP contribution in [0.15, 0.2) is 42.5 Å². The second kappa shape index (κ2) is 8.12. The van der Waals surface area contributed by atoms with Crippen molar-refractivity contribution >= 4 is 11.8 Å². The molecule has 2 aromatic carbocycles. The minimum absolute atomic E-state index is 0.0116. The first-order valence-corrected chi connectivity index (χ1v) is 8.87. The van der Waals surface area contributed by atoms with Crippen LogP contribution in [0.4, 0.5) is 0 Å². The first kappa shape index (κ1) is 18.8. The molecule has 6 nitrogen and oxygen atoms in total. The van der Waals surface area contributed by atoms with E-state index in [1.807, 2.05) is 18.2 Å². The summed E-state index contributed by atoms with van der Waals surface area (Å²) in [5.41, 5.74) is 2.57. The van der Waals surface area contributed by atoms with Crippen LogP contribution in [0.2, 0.25) is 0 Å². The van der Waals surface area contributed by atoms with E-state index < -0.39 is 0 Å². The first-order chi connectivity index (χ1) is 13.0. The number of ether oxygens (including phenoxy) is 2.